The van der Waals surface area contributed by atoms with Crippen LogP contribution < -0.4 is 0 Å². The molecule has 1 amide bonds. The Labute approximate surface area is 363 Å². The molecule has 0 aliphatic carbocycles. The first kappa shape index (κ1) is 48.5. The van der Waals surface area contributed by atoms with Gasteiger partial charge in [-0.15, -0.1) is 0 Å². The number of hydrogen-bond donors (Lipinski definition) is 0. The minimum absolute atomic E-state index is 0.0152. The van der Waals surface area contributed by atoms with Crippen molar-refractivity contribution in [3.63, 3.8) is 0 Å². The standard InChI is InChI=1S/C51H81NO8/c1-49(2,3)60-48(53)52-44(41-57-50(52,4)5)40-55-37-26-16-14-12-10-8-6-7-9-11-13-15-25-34-51-35-33-45(56-39-43-30-22-18-23-31-43)47(59-51)46(58-51)32-24-19-27-36-54-38-42-28-20-17-21-29-42/h17-18,20-23,28-31,44-47H,6-16,19,24-27,32-41H2,1-5H3/t44-,45+,46+,47+,51-/m0/s1. The van der Waals surface area contributed by atoms with Crippen molar-refractivity contribution in [1.29, 1.82) is 0 Å². The molecule has 338 valence electrons. The summed E-state index contributed by atoms with van der Waals surface area (Å²) in [5.74, 6) is -0.429. The van der Waals surface area contributed by atoms with E-state index in [1.165, 1.54) is 81.8 Å². The summed E-state index contributed by atoms with van der Waals surface area (Å²) in [7, 11) is 0. The molecule has 60 heavy (non-hydrogen) atoms. The van der Waals surface area contributed by atoms with Crippen molar-refractivity contribution in [1.82, 2.24) is 4.90 Å². The number of benzene rings is 2. The second-order valence-electron chi connectivity index (χ2n) is 19.1. The van der Waals surface area contributed by atoms with Gasteiger partial charge < -0.3 is 33.2 Å². The number of unbranched alkanes of at least 4 members (excludes halogenated alkanes) is 14. The lowest BCUT2D eigenvalue weighted by Gasteiger charge is -2.35. The Morgan fingerprint density at radius 1 is 0.700 bits per heavy atom. The molecule has 0 unspecified atom stereocenters. The summed E-state index contributed by atoms with van der Waals surface area (Å²) in [6.07, 6.45) is 23.6. The lowest BCUT2D eigenvalue weighted by atomic mass is 9.94. The molecule has 3 aliphatic rings. The van der Waals surface area contributed by atoms with Crippen LogP contribution >= 0.6 is 0 Å². The number of carbonyl (C=O) groups excluding carboxylic acids is 1. The van der Waals surface area contributed by atoms with Crippen LogP contribution in [0, 0.1) is 0 Å². The van der Waals surface area contributed by atoms with Crippen LogP contribution in [0.5, 0.6) is 0 Å². The second kappa shape index (κ2) is 25.5. The van der Waals surface area contributed by atoms with E-state index in [9.17, 15) is 4.79 Å². The molecule has 3 aliphatic heterocycles. The molecule has 0 spiro atoms. The van der Waals surface area contributed by atoms with Crippen LogP contribution in [0.3, 0.4) is 0 Å². The first-order valence-electron chi connectivity index (χ1n) is 23.9. The molecule has 5 atom stereocenters. The minimum atomic E-state index is -0.688. The predicted molar refractivity (Wildman–Crippen MR) is 239 cm³/mol. The monoisotopic (exact) mass is 836 g/mol. The van der Waals surface area contributed by atoms with E-state index in [0.717, 1.165) is 71.0 Å². The quantitative estimate of drug-likeness (QED) is 0.0749. The van der Waals surface area contributed by atoms with Gasteiger partial charge in [0.2, 0.25) is 0 Å². The molecule has 3 saturated heterocycles. The van der Waals surface area contributed by atoms with Gasteiger partial charge in [-0.05, 0) is 77.8 Å². The van der Waals surface area contributed by atoms with E-state index in [0.29, 0.717) is 26.4 Å². The van der Waals surface area contributed by atoms with E-state index in [-0.39, 0.29) is 30.4 Å². The van der Waals surface area contributed by atoms with Crippen molar-refractivity contribution in [2.45, 2.75) is 218 Å². The lowest BCUT2D eigenvalue weighted by Crippen LogP contribution is -2.51. The SMILES string of the molecule is CC(C)(C)OC(=O)N1[C@@H](COCCCCCCCCCCCCCCC[C@@]23CC[C@@H](OCc4ccccc4)[C@@H](O2)[C@@H](CCCCCOCc2ccccc2)O3)COC1(C)C. The van der Waals surface area contributed by atoms with E-state index >= 15 is 0 Å². The summed E-state index contributed by atoms with van der Waals surface area (Å²) < 4.78 is 43.6. The molecular weight excluding hydrogens is 755 g/mol. The molecular formula is C51H81NO8. The highest BCUT2D eigenvalue weighted by molar-refractivity contribution is 5.69. The summed E-state index contributed by atoms with van der Waals surface area (Å²) in [5, 5.41) is 0. The van der Waals surface area contributed by atoms with Gasteiger partial charge in [-0.1, -0.05) is 144 Å². The Bertz CT molecular complexity index is 1450. The van der Waals surface area contributed by atoms with Gasteiger partial charge in [0, 0.05) is 26.1 Å². The van der Waals surface area contributed by atoms with Gasteiger partial charge >= 0.3 is 6.09 Å². The van der Waals surface area contributed by atoms with E-state index in [1.807, 2.05) is 40.7 Å². The predicted octanol–water partition coefficient (Wildman–Crippen LogP) is 12.5. The van der Waals surface area contributed by atoms with Crippen LogP contribution in [0.4, 0.5) is 4.79 Å². The highest BCUT2D eigenvalue weighted by Gasteiger charge is 2.53. The van der Waals surface area contributed by atoms with Crippen molar-refractivity contribution in [3.05, 3.63) is 71.8 Å². The molecule has 0 aromatic heterocycles. The number of carbonyl (C=O) groups is 1. The maximum Gasteiger partial charge on any atom is 0.412 e. The molecule has 0 saturated carbocycles. The summed E-state index contributed by atoms with van der Waals surface area (Å²) in [5.41, 5.74) is 1.21. The zero-order valence-corrected chi connectivity index (χ0v) is 38.2. The summed E-state index contributed by atoms with van der Waals surface area (Å²) in [6.45, 7) is 13.3. The fourth-order valence-corrected chi connectivity index (χ4v) is 9.02. The van der Waals surface area contributed by atoms with Crippen LogP contribution in [-0.4, -0.2) is 78.9 Å². The number of hydrogen-bond acceptors (Lipinski definition) is 8. The Hall–Kier alpha value is -2.53. The van der Waals surface area contributed by atoms with Gasteiger partial charge in [0.25, 0.3) is 0 Å². The van der Waals surface area contributed by atoms with Crippen molar-refractivity contribution in [3.8, 4) is 0 Å². The Morgan fingerprint density at radius 3 is 1.87 bits per heavy atom. The third-order valence-electron chi connectivity index (χ3n) is 12.3. The van der Waals surface area contributed by atoms with Crippen LogP contribution in [0.15, 0.2) is 60.7 Å². The zero-order valence-electron chi connectivity index (χ0n) is 38.2. The van der Waals surface area contributed by atoms with Crippen molar-refractivity contribution >= 4 is 6.09 Å². The van der Waals surface area contributed by atoms with Gasteiger partial charge in [-0.25, -0.2) is 4.79 Å². The van der Waals surface area contributed by atoms with Crippen molar-refractivity contribution in [2.75, 3.05) is 26.4 Å². The fraction of sp³-hybridized carbons (Fsp3) is 0.745. The topological polar surface area (TPSA) is 84.9 Å². The van der Waals surface area contributed by atoms with Gasteiger partial charge in [0.15, 0.2) is 5.79 Å². The summed E-state index contributed by atoms with van der Waals surface area (Å²) in [6, 6.07) is 20.8. The third kappa shape index (κ3) is 17.0. The van der Waals surface area contributed by atoms with Crippen LogP contribution in [-0.2, 0) is 46.4 Å². The van der Waals surface area contributed by atoms with Crippen LogP contribution in [0.2, 0.25) is 0 Å². The molecule has 2 aromatic carbocycles. The average Bonchev–Trinajstić information content (AvgIpc) is 3.69. The third-order valence-corrected chi connectivity index (χ3v) is 12.3. The Balaban J connectivity index is 0.865. The maximum atomic E-state index is 12.8. The second-order valence-corrected chi connectivity index (χ2v) is 19.1. The van der Waals surface area contributed by atoms with Crippen LogP contribution in [0.25, 0.3) is 0 Å². The lowest BCUT2D eigenvalue weighted by molar-refractivity contribution is -0.221. The normalized spacial score (nSPS) is 23.6. The highest BCUT2D eigenvalue weighted by atomic mass is 16.8. The molecule has 3 heterocycles. The summed E-state index contributed by atoms with van der Waals surface area (Å²) >= 11 is 0. The smallest absolute Gasteiger partial charge is 0.412 e. The largest absolute Gasteiger partial charge is 0.444 e. The fourth-order valence-electron chi connectivity index (χ4n) is 9.02. The number of rotatable bonds is 29. The molecule has 0 N–H and O–H groups in total. The zero-order chi connectivity index (χ0) is 42.5. The first-order valence-corrected chi connectivity index (χ1v) is 23.9. The highest BCUT2D eigenvalue weighted by Crippen LogP contribution is 2.46. The summed E-state index contributed by atoms with van der Waals surface area (Å²) in [4.78, 5) is 14.5. The van der Waals surface area contributed by atoms with Gasteiger partial charge in [0.05, 0.1) is 44.7 Å². The molecule has 9 nitrogen and oxygen atoms in total. The Morgan fingerprint density at radius 2 is 1.25 bits per heavy atom. The van der Waals surface area contributed by atoms with Gasteiger partial charge in [0.1, 0.15) is 17.4 Å². The number of ether oxygens (including phenoxy) is 7. The molecule has 5 rings (SSSR count). The van der Waals surface area contributed by atoms with E-state index in [4.69, 9.17) is 33.2 Å². The number of amides is 1. The molecule has 2 aromatic rings. The number of nitrogens with zero attached hydrogens (tertiary/aromatic N) is 1. The molecule has 9 heteroatoms. The van der Waals surface area contributed by atoms with E-state index in [1.54, 1.807) is 4.90 Å². The van der Waals surface area contributed by atoms with E-state index < -0.39 is 17.1 Å². The van der Waals surface area contributed by atoms with E-state index in [2.05, 4.69) is 54.6 Å². The molecule has 2 bridgehead atoms. The van der Waals surface area contributed by atoms with Gasteiger partial charge in [-0.3, -0.25) is 4.90 Å². The maximum absolute atomic E-state index is 12.8. The Kier molecular flexibility index (Phi) is 20.7. The minimum Gasteiger partial charge on any atom is -0.444 e. The molecule has 3 fully saturated rings. The van der Waals surface area contributed by atoms with Gasteiger partial charge in [-0.2, -0.15) is 0 Å². The van der Waals surface area contributed by atoms with Crippen molar-refractivity contribution < 1.29 is 38.0 Å². The first-order chi connectivity index (χ1) is 29.0. The molecule has 0 radical (unpaired) electrons. The average molecular weight is 836 g/mol. The van der Waals surface area contributed by atoms with Crippen LogP contribution in [0.1, 0.15) is 174 Å². The number of fused-ring (bicyclic) bond motifs is 2. The van der Waals surface area contributed by atoms with Crippen molar-refractivity contribution in [2.24, 2.45) is 0 Å².